The van der Waals surface area contributed by atoms with Crippen molar-refractivity contribution in [3.8, 4) is 23.0 Å². The molecule has 1 saturated carbocycles. The highest BCUT2D eigenvalue weighted by Gasteiger charge is 2.47. The zero-order valence-corrected chi connectivity index (χ0v) is 15.6. The minimum atomic E-state index is -1.73. The maximum absolute atomic E-state index is 10.5. The van der Waals surface area contributed by atoms with Gasteiger partial charge in [-0.2, -0.15) is 0 Å². The first kappa shape index (κ1) is 26.4. The van der Waals surface area contributed by atoms with Crippen molar-refractivity contribution in [3.05, 3.63) is 71.6 Å². The van der Waals surface area contributed by atoms with Crippen molar-refractivity contribution in [3.63, 3.8) is 0 Å². The molecule has 0 radical (unpaired) electrons. The fourth-order valence-corrected chi connectivity index (χ4v) is 1.79. The molecule has 17 nitrogen and oxygen atoms in total. The molecule has 174 valence electrons. The van der Waals surface area contributed by atoms with E-state index in [2.05, 4.69) is 0 Å². The van der Waals surface area contributed by atoms with E-state index in [-0.39, 0.29) is 0 Å². The van der Waals surface area contributed by atoms with Crippen LogP contribution in [-0.2, 0) is 28.8 Å². The van der Waals surface area contributed by atoms with E-state index in [4.69, 9.17) is 20.4 Å². The average Bonchev–Trinajstić information content (AvgIpc) is 2.99. The number of carbonyl (C=O) groups excluding carboxylic acids is 6. The monoisotopic (exact) mass is 480 g/mol. The molecule has 0 aliphatic heterocycles. The molecule has 1 fully saturated rings. The van der Waals surface area contributed by atoms with Gasteiger partial charge >= 0.3 is 0 Å². The second-order valence-corrected chi connectivity index (χ2v) is 5.67. The molecule has 3 rings (SSSR count). The van der Waals surface area contributed by atoms with Gasteiger partial charge in [0.15, 0.2) is 0 Å². The maximum Gasteiger partial charge on any atom is 0.281 e. The van der Waals surface area contributed by atoms with Gasteiger partial charge in [-0.3, -0.25) is 62.3 Å². The lowest BCUT2D eigenvalue weighted by Gasteiger charge is -2.01. The van der Waals surface area contributed by atoms with Crippen molar-refractivity contribution in [1.82, 2.24) is 0 Å². The van der Waals surface area contributed by atoms with E-state index in [1.165, 1.54) is 0 Å². The Morgan fingerprint density at radius 1 is 0.235 bits per heavy atom. The minimum absolute atomic E-state index is 1.16. The predicted octanol–water partition coefficient (Wildman–Crippen LogP) is -7.12. The molecule has 0 heterocycles. The number of Topliss-reactive ketones (excluding diaryl/α,β-unsaturated/α-hetero) is 6. The Hall–Kier alpha value is -5.61. The third-order valence-corrected chi connectivity index (χ3v) is 3.58. The first-order valence-electron chi connectivity index (χ1n) is 7.80. The Balaban J connectivity index is 0.000000256. The summed E-state index contributed by atoms with van der Waals surface area (Å²) in [7, 11) is 0. The lowest BCUT2D eigenvalue weighted by molar-refractivity contribution is -0.158. The Labute approximate surface area is 179 Å². The van der Waals surface area contributed by atoms with Crippen LogP contribution in [0.15, 0.2) is 33.6 Å². The topological polar surface area (TPSA) is 303 Å². The summed E-state index contributed by atoms with van der Waals surface area (Å²) in [6.07, 6.45) is 0. The van der Waals surface area contributed by atoms with Crippen LogP contribution in [0.2, 0.25) is 0 Å². The molecule has 2 aromatic rings. The van der Waals surface area contributed by atoms with Crippen LogP contribution in [0.4, 0.5) is 0 Å². The summed E-state index contributed by atoms with van der Waals surface area (Å²) in [6.45, 7) is 0. The Bertz CT molecular complexity index is 1470. The summed E-state index contributed by atoms with van der Waals surface area (Å²) in [6, 6.07) is 0. The molecule has 0 spiro atoms. The van der Waals surface area contributed by atoms with Crippen LogP contribution in [0.3, 0.4) is 0 Å². The molecular weight excluding hydrogens is 476 g/mol. The number of aromatic hydroxyl groups is 4. The van der Waals surface area contributed by atoms with Gasteiger partial charge in [-0.25, -0.2) is 0 Å². The number of phenolic OH excluding ortho intramolecular Hbond substituents is 2. The maximum atomic E-state index is 10.5. The van der Waals surface area contributed by atoms with E-state index in [0.29, 0.717) is 0 Å². The number of benzene rings is 1. The molecule has 34 heavy (non-hydrogen) atoms. The van der Waals surface area contributed by atoms with Gasteiger partial charge in [0.05, 0.1) is 0 Å². The number of carbonyl (C=O) groups is 6. The van der Waals surface area contributed by atoms with E-state index in [9.17, 15) is 62.3 Å². The van der Waals surface area contributed by atoms with Crippen molar-refractivity contribution < 1.29 is 49.2 Å². The summed E-state index contributed by atoms with van der Waals surface area (Å²) < 4.78 is 0. The predicted molar refractivity (Wildman–Crippen MR) is 98.2 cm³/mol. The van der Waals surface area contributed by atoms with Gasteiger partial charge in [0.25, 0.3) is 72.7 Å². The standard InChI is InChI=1S/C6H2O6.C6O6.C5H2O5/c2*7-1-2(8)4(10)6(12)5(11)3(1)9;6-1-2(7)4(9)5(10)3(1)8/h7-8H;;6-7H. The quantitative estimate of drug-likeness (QED) is 0.201. The zero-order valence-electron chi connectivity index (χ0n) is 15.6. The van der Waals surface area contributed by atoms with Gasteiger partial charge in [0.2, 0.25) is 23.0 Å². The second-order valence-electron chi connectivity index (χ2n) is 5.67. The molecule has 0 aromatic heterocycles. The van der Waals surface area contributed by atoms with E-state index in [1.807, 2.05) is 0 Å². The second kappa shape index (κ2) is 9.26. The van der Waals surface area contributed by atoms with Gasteiger partial charge in [-0.1, -0.05) is 0 Å². The molecule has 0 unspecified atom stereocenters. The third-order valence-electron chi connectivity index (χ3n) is 3.58. The molecule has 0 amide bonds. The number of rotatable bonds is 0. The minimum Gasteiger partial charge on any atom is -0.501 e. The van der Waals surface area contributed by atoms with Crippen LogP contribution in [0.25, 0.3) is 0 Å². The van der Waals surface area contributed by atoms with E-state index in [0.717, 1.165) is 0 Å². The Morgan fingerprint density at radius 3 is 0.471 bits per heavy atom. The highest BCUT2D eigenvalue weighted by molar-refractivity contribution is 7.08. The Morgan fingerprint density at radius 2 is 0.353 bits per heavy atom. The fraction of sp³-hybridized carbons (Fsp3) is 0. The van der Waals surface area contributed by atoms with Gasteiger partial charge in [-0.15, -0.1) is 0 Å². The molecule has 1 aliphatic carbocycles. The van der Waals surface area contributed by atoms with Gasteiger partial charge in [0.1, 0.15) is 0 Å². The van der Waals surface area contributed by atoms with Crippen molar-refractivity contribution >= 4 is 34.7 Å². The average molecular weight is 480 g/mol. The number of hydrogen-bond donors (Lipinski definition) is 4. The summed E-state index contributed by atoms with van der Waals surface area (Å²) in [5.41, 5.74) is -10.5. The number of hydrogen-bond acceptors (Lipinski definition) is 17. The van der Waals surface area contributed by atoms with Crippen LogP contribution < -0.4 is 38.0 Å². The third kappa shape index (κ3) is 4.37. The highest BCUT2D eigenvalue weighted by atomic mass is 16.3. The van der Waals surface area contributed by atoms with Crippen LogP contribution in [0.1, 0.15) is 0 Å². The van der Waals surface area contributed by atoms with Crippen LogP contribution >= 0.6 is 0 Å². The number of phenols is 2. The van der Waals surface area contributed by atoms with Gasteiger partial charge in [-0.05, 0) is 0 Å². The van der Waals surface area contributed by atoms with E-state index < -0.39 is 95.7 Å². The zero-order chi connectivity index (χ0) is 26.8. The molecule has 4 N–H and O–H groups in total. The normalized spacial score (nSPS) is 13.2. The summed E-state index contributed by atoms with van der Waals surface area (Å²) in [4.78, 5) is 135. The van der Waals surface area contributed by atoms with Crippen molar-refractivity contribution in [2.75, 3.05) is 0 Å². The van der Waals surface area contributed by atoms with E-state index in [1.54, 1.807) is 0 Å². The highest BCUT2D eigenvalue weighted by Crippen LogP contribution is 2.10. The first-order valence-corrected chi connectivity index (χ1v) is 7.80. The van der Waals surface area contributed by atoms with Gasteiger partial charge in [0, 0.05) is 0 Å². The summed E-state index contributed by atoms with van der Waals surface area (Å²) >= 11 is 0. The van der Waals surface area contributed by atoms with Crippen molar-refractivity contribution in [1.29, 1.82) is 0 Å². The summed E-state index contributed by atoms with van der Waals surface area (Å²) in [5.74, 6) is -15.4. The Kier molecular flexibility index (Phi) is 7.20. The van der Waals surface area contributed by atoms with Crippen LogP contribution in [0, 0.1) is 0 Å². The number of ketones is 6. The molecule has 2 aromatic carbocycles. The van der Waals surface area contributed by atoms with Crippen LogP contribution in [-0.4, -0.2) is 55.1 Å². The molecule has 0 atom stereocenters. The largest absolute Gasteiger partial charge is 0.501 e. The fourth-order valence-electron chi connectivity index (χ4n) is 1.79. The van der Waals surface area contributed by atoms with Crippen LogP contribution in [0.5, 0.6) is 23.0 Å². The van der Waals surface area contributed by atoms with Gasteiger partial charge < -0.3 is 20.4 Å². The van der Waals surface area contributed by atoms with E-state index >= 15 is 0 Å². The molecule has 1 aliphatic rings. The SMILES string of the molecule is O=C1C(=O)C(=O)C(=O)C(=O)C1=O.O=c1c(O)c(O)c(=O)c(=O)c1=O.O=c1c(O)c(O)c(=O)c1=O. The lowest BCUT2D eigenvalue weighted by Crippen LogP contribution is -2.49. The lowest BCUT2D eigenvalue weighted by atomic mass is 9.93. The molecule has 17 heteroatoms. The molecular formula is C17H4O17. The first-order chi connectivity index (χ1) is 15.5. The molecule has 0 saturated heterocycles. The van der Waals surface area contributed by atoms with Crippen molar-refractivity contribution in [2.24, 2.45) is 0 Å². The molecule has 0 bridgehead atoms. The smallest absolute Gasteiger partial charge is 0.281 e. The van der Waals surface area contributed by atoms with Crippen molar-refractivity contribution in [2.45, 2.75) is 0 Å². The summed E-state index contributed by atoms with van der Waals surface area (Å²) in [5, 5.41) is 34.1.